The predicted octanol–water partition coefficient (Wildman–Crippen LogP) is 3.41. The number of halogens is 1. The zero-order chi connectivity index (χ0) is 15.6. The van der Waals surface area contributed by atoms with Gasteiger partial charge in [0.15, 0.2) is 0 Å². The molecule has 0 spiro atoms. The van der Waals surface area contributed by atoms with E-state index in [1.54, 1.807) is 11.9 Å². The van der Waals surface area contributed by atoms with Crippen LogP contribution in [0.2, 0.25) is 5.02 Å². The molecule has 0 radical (unpaired) electrons. The molecule has 1 heterocycles. The van der Waals surface area contributed by atoms with E-state index < -0.39 is 0 Å². The molecule has 5 nitrogen and oxygen atoms in total. The van der Waals surface area contributed by atoms with Crippen molar-refractivity contribution >= 4 is 17.5 Å². The van der Waals surface area contributed by atoms with E-state index in [1.165, 1.54) is 0 Å². The van der Waals surface area contributed by atoms with Crippen LogP contribution in [-0.2, 0) is 0 Å². The first-order valence-electron chi connectivity index (χ1n) is 6.85. The molecular weight excluding hydrogens is 288 g/mol. The molecular formula is C15H19ClN4O. The van der Waals surface area contributed by atoms with E-state index in [4.69, 9.17) is 11.6 Å². The minimum absolute atomic E-state index is 0.0873. The number of benzene rings is 1. The molecule has 0 bridgehead atoms. The summed E-state index contributed by atoms with van der Waals surface area (Å²) in [6, 6.07) is 7.36. The van der Waals surface area contributed by atoms with E-state index in [2.05, 4.69) is 15.2 Å². The Bertz CT molecular complexity index is 621. The van der Waals surface area contributed by atoms with Crippen molar-refractivity contribution in [2.75, 3.05) is 7.05 Å². The maximum atomic E-state index is 12.4. The van der Waals surface area contributed by atoms with E-state index in [9.17, 15) is 4.79 Å². The second-order valence-corrected chi connectivity index (χ2v) is 5.78. The number of rotatable bonds is 4. The van der Waals surface area contributed by atoms with Gasteiger partial charge in [0.05, 0.1) is 6.04 Å². The molecule has 0 aliphatic carbocycles. The first-order valence-corrected chi connectivity index (χ1v) is 7.23. The fraction of sp³-hybridized carbons (Fsp3) is 0.400. The normalized spacial score (nSPS) is 12.5. The van der Waals surface area contributed by atoms with E-state index >= 15 is 0 Å². The number of hydrogen-bond donors (Lipinski definition) is 1. The molecule has 6 heteroatoms. The SMILES string of the molecule is CC(C)c1nc(C(=O)N(C)C(C)c2ccc(Cl)cc2)n[nH]1. The molecule has 0 saturated carbocycles. The summed E-state index contributed by atoms with van der Waals surface area (Å²) in [5, 5.41) is 7.48. The van der Waals surface area contributed by atoms with Crippen molar-refractivity contribution in [2.45, 2.75) is 32.7 Å². The van der Waals surface area contributed by atoms with Crippen LogP contribution < -0.4 is 0 Å². The number of hydrogen-bond acceptors (Lipinski definition) is 3. The second kappa shape index (κ2) is 6.26. The summed E-state index contributed by atoms with van der Waals surface area (Å²) in [6.45, 7) is 5.95. The Labute approximate surface area is 129 Å². The van der Waals surface area contributed by atoms with Gasteiger partial charge in [0.25, 0.3) is 5.91 Å². The van der Waals surface area contributed by atoms with E-state index in [1.807, 2.05) is 45.0 Å². The van der Waals surface area contributed by atoms with Gasteiger partial charge in [-0.1, -0.05) is 37.6 Å². The highest BCUT2D eigenvalue weighted by Crippen LogP contribution is 2.22. The fourth-order valence-corrected chi connectivity index (χ4v) is 2.05. The molecule has 1 atom stereocenters. The molecule has 1 unspecified atom stereocenters. The summed E-state index contributed by atoms with van der Waals surface area (Å²) < 4.78 is 0. The summed E-state index contributed by atoms with van der Waals surface area (Å²) in [7, 11) is 1.74. The van der Waals surface area contributed by atoms with Crippen LogP contribution in [0.1, 0.15) is 54.7 Å². The lowest BCUT2D eigenvalue weighted by Crippen LogP contribution is -2.30. The third-order valence-electron chi connectivity index (χ3n) is 3.49. The number of aromatic amines is 1. The van der Waals surface area contributed by atoms with Gasteiger partial charge >= 0.3 is 0 Å². The first kappa shape index (κ1) is 15.5. The maximum absolute atomic E-state index is 12.4. The van der Waals surface area contributed by atoms with Crippen LogP contribution >= 0.6 is 11.6 Å². The lowest BCUT2D eigenvalue weighted by molar-refractivity contribution is 0.0730. The smallest absolute Gasteiger partial charge is 0.293 e. The predicted molar refractivity (Wildman–Crippen MR) is 82.4 cm³/mol. The quantitative estimate of drug-likeness (QED) is 0.941. The fourth-order valence-electron chi connectivity index (χ4n) is 1.93. The molecule has 2 rings (SSSR count). The number of carbonyl (C=O) groups is 1. The molecule has 2 aromatic rings. The Morgan fingerprint density at radius 1 is 1.24 bits per heavy atom. The van der Waals surface area contributed by atoms with Crippen molar-refractivity contribution in [3.63, 3.8) is 0 Å². The number of nitrogens with one attached hydrogen (secondary N) is 1. The molecule has 1 aromatic carbocycles. The highest BCUT2D eigenvalue weighted by molar-refractivity contribution is 6.30. The van der Waals surface area contributed by atoms with Gasteiger partial charge in [-0.3, -0.25) is 9.89 Å². The van der Waals surface area contributed by atoms with E-state index in [-0.39, 0.29) is 23.7 Å². The summed E-state index contributed by atoms with van der Waals surface area (Å²) in [5.74, 6) is 0.909. The first-order chi connectivity index (χ1) is 9.90. The lowest BCUT2D eigenvalue weighted by atomic mass is 10.1. The van der Waals surface area contributed by atoms with Crippen molar-refractivity contribution in [1.82, 2.24) is 20.1 Å². The second-order valence-electron chi connectivity index (χ2n) is 5.34. The molecule has 1 N–H and O–H groups in total. The highest BCUT2D eigenvalue weighted by Gasteiger charge is 2.22. The molecule has 0 saturated heterocycles. The largest absolute Gasteiger partial charge is 0.332 e. The average Bonchev–Trinajstić information content (AvgIpc) is 2.96. The Morgan fingerprint density at radius 2 is 1.86 bits per heavy atom. The zero-order valence-electron chi connectivity index (χ0n) is 12.6. The number of H-pyrrole nitrogens is 1. The lowest BCUT2D eigenvalue weighted by Gasteiger charge is -2.24. The Balaban J connectivity index is 2.15. The summed E-state index contributed by atoms with van der Waals surface area (Å²) in [6.07, 6.45) is 0. The van der Waals surface area contributed by atoms with E-state index in [0.717, 1.165) is 5.56 Å². The van der Waals surface area contributed by atoms with Crippen LogP contribution in [0.5, 0.6) is 0 Å². The van der Waals surface area contributed by atoms with Crippen LogP contribution in [0, 0.1) is 0 Å². The van der Waals surface area contributed by atoms with Crippen molar-refractivity contribution in [2.24, 2.45) is 0 Å². The molecule has 1 amide bonds. The van der Waals surface area contributed by atoms with Gasteiger partial charge in [0.2, 0.25) is 5.82 Å². The number of nitrogens with zero attached hydrogens (tertiary/aromatic N) is 3. The monoisotopic (exact) mass is 306 g/mol. The van der Waals surface area contributed by atoms with Crippen molar-refractivity contribution in [3.8, 4) is 0 Å². The molecule has 21 heavy (non-hydrogen) atoms. The maximum Gasteiger partial charge on any atom is 0.293 e. The van der Waals surface area contributed by atoms with Gasteiger partial charge in [0.1, 0.15) is 5.82 Å². The Hall–Kier alpha value is -1.88. The molecule has 0 aliphatic heterocycles. The molecule has 0 aliphatic rings. The van der Waals surface area contributed by atoms with Crippen LogP contribution in [0.4, 0.5) is 0 Å². The molecule has 0 fully saturated rings. The minimum Gasteiger partial charge on any atom is -0.332 e. The average molecular weight is 307 g/mol. The summed E-state index contributed by atoms with van der Waals surface area (Å²) in [4.78, 5) is 18.3. The number of amides is 1. The zero-order valence-corrected chi connectivity index (χ0v) is 13.3. The van der Waals surface area contributed by atoms with Gasteiger partial charge in [0, 0.05) is 18.0 Å². The van der Waals surface area contributed by atoms with Crippen LogP contribution in [-0.4, -0.2) is 33.0 Å². The van der Waals surface area contributed by atoms with Gasteiger partial charge in [-0.25, -0.2) is 4.98 Å². The van der Waals surface area contributed by atoms with E-state index in [0.29, 0.717) is 10.8 Å². The number of aromatic nitrogens is 3. The van der Waals surface area contributed by atoms with Crippen LogP contribution in [0.3, 0.4) is 0 Å². The van der Waals surface area contributed by atoms with Gasteiger partial charge in [-0.15, -0.1) is 5.10 Å². The van der Waals surface area contributed by atoms with Crippen molar-refractivity contribution in [1.29, 1.82) is 0 Å². The Kier molecular flexibility index (Phi) is 4.63. The summed E-state index contributed by atoms with van der Waals surface area (Å²) >= 11 is 5.88. The minimum atomic E-state index is -0.208. The van der Waals surface area contributed by atoms with Crippen molar-refractivity contribution < 1.29 is 4.79 Å². The standard InChI is InChI=1S/C15H19ClN4O/c1-9(2)13-17-14(19-18-13)15(21)20(4)10(3)11-5-7-12(16)8-6-11/h5-10H,1-4H3,(H,17,18,19). The third kappa shape index (κ3) is 3.42. The van der Waals surface area contributed by atoms with Crippen LogP contribution in [0.25, 0.3) is 0 Å². The number of carbonyl (C=O) groups excluding carboxylic acids is 1. The summed E-state index contributed by atoms with van der Waals surface area (Å²) in [5.41, 5.74) is 1.01. The Morgan fingerprint density at radius 3 is 2.38 bits per heavy atom. The third-order valence-corrected chi connectivity index (χ3v) is 3.75. The van der Waals surface area contributed by atoms with Gasteiger partial charge < -0.3 is 4.90 Å². The molecule has 1 aromatic heterocycles. The van der Waals surface area contributed by atoms with Gasteiger partial charge in [-0.2, -0.15) is 0 Å². The highest BCUT2D eigenvalue weighted by atomic mass is 35.5. The topological polar surface area (TPSA) is 61.9 Å². The van der Waals surface area contributed by atoms with Crippen LogP contribution in [0.15, 0.2) is 24.3 Å². The van der Waals surface area contributed by atoms with Crippen molar-refractivity contribution in [3.05, 3.63) is 46.5 Å². The molecule has 112 valence electrons. The van der Waals surface area contributed by atoms with Gasteiger partial charge in [-0.05, 0) is 24.6 Å².